The van der Waals surface area contributed by atoms with Crippen LogP contribution in [0.15, 0.2) is 59.6 Å². The molecule has 3 N–H and O–H groups in total. The van der Waals surface area contributed by atoms with Gasteiger partial charge in [0, 0.05) is 5.56 Å². The number of benzene rings is 2. The van der Waals surface area contributed by atoms with Gasteiger partial charge in [-0.3, -0.25) is 9.52 Å². The molecule has 0 aliphatic carbocycles. The van der Waals surface area contributed by atoms with Crippen LogP contribution in [0, 0.1) is 11.3 Å². The number of nitrogens with zero attached hydrogens (tertiary/aromatic N) is 3. The summed E-state index contributed by atoms with van der Waals surface area (Å²) in [5.41, 5.74) is 6.97. The maximum Gasteiger partial charge on any atom is 0.261 e. The third-order valence-corrected chi connectivity index (χ3v) is 5.22. The molecule has 3 rings (SSSR count). The van der Waals surface area contributed by atoms with Crippen molar-refractivity contribution < 1.29 is 13.2 Å². The number of nitrogens with two attached hydrogens (primary N) is 1. The zero-order valence-corrected chi connectivity index (χ0v) is 15.1. The fourth-order valence-electron chi connectivity index (χ4n) is 2.47. The first kappa shape index (κ1) is 18.2. The van der Waals surface area contributed by atoms with Crippen molar-refractivity contribution in [3.8, 4) is 11.8 Å². The number of nitrogens with one attached hydrogen (secondary N) is 1. The molecule has 8 nitrogen and oxygen atoms in total. The number of Topliss-reactive ketones (excluding diaryl/α,β-unsaturated/α-hetero) is 1. The van der Waals surface area contributed by atoms with Gasteiger partial charge in [-0.25, -0.2) is 13.1 Å². The Labute approximate surface area is 155 Å². The first-order valence-electron chi connectivity index (χ1n) is 7.80. The minimum atomic E-state index is -3.96. The lowest BCUT2D eigenvalue weighted by Crippen LogP contribution is -2.16. The lowest BCUT2D eigenvalue weighted by atomic mass is 10.2. The van der Waals surface area contributed by atoms with Crippen LogP contribution in [0.25, 0.3) is 5.69 Å². The molecule has 2 aromatic carbocycles. The minimum absolute atomic E-state index is 0.0452. The molecule has 0 spiro atoms. The van der Waals surface area contributed by atoms with Crippen LogP contribution in [-0.4, -0.2) is 24.0 Å². The van der Waals surface area contributed by atoms with Crippen LogP contribution in [0.2, 0.25) is 0 Å². The minimum Gasteiger partial charge on any atom is -0.382 e. The van der Waals surface area contributed by atoms with Gasteiger partial charge in [-0.05, 0) is 31.2 Å². The van der Waals surface area contributed by atoms with Gasteiger partial charge in [0.2, 0.25) is 0 Å². The van der Waals surface area contributed by atoms with Crippen LogP contribution in [0.1, 0.15) is 22.8 Å². The van der Waals surface area contributed by atoms with Gasteiger partial charge in [-0.15, -0.1) is 0 Å². The molecule has 0 bridgehead atoms. The summed E-state index contributed by atoms with van der Waals surface area (Å²) >= 11 is 0. The Morgan fingerprint density at radius 1 is 1.22 bits per heavy atom. The van der Waals surface area contributed by atoms with E-state index in [4.69, 9.17) is 11.0 Å². The van der Waals surface area contributed by atoms with Crippen molar-refractivity contribution in [1.82, 2.24) is 9.78 Å². The Bertz CT molecular complexity index is 1180. The summed E-state index contributed by atoms with van der Waals surface area (Å²) in [7, 11) is -3.96. The number of carbonyl (C=O) groups is 1. The van der Waals surface area contributed by atoms with Gasteiger partial charge in [0.15, 0.2) is 5.78 Å². The maximum atomic E-state index is 12.8. The quantitative estimate of drug-likeness (QED) is 0.652. The molecule has 1 heterocycles. The number of carbonyl (C=O) groups excluding carboxylic acids is 1. The van der Waals surface area contributed by atoms with Crippen LogP contribution >= 0.6 is 0 Å². The molecule has 0 unspecified atom stereocenters. The number of aromatic nitrogens is 2. The van der Waals surface area contributed by atoms with E-state index in [0.717, 1.165) is 0 Å². The Balaban J connectivity index is 2.04. The lowest BCUT2D eigenvalue weighted by Gasteiger charge is -2.14. The van der Waals surface area contributed by atoms with Gasteiger partial charge in [0.25, 0.3) is 10.0 Å². The zero-order chi connectivity index (χ0) is 19.6. The van der Waals surface area contributed by atoms with E-state index in [0.29, 0.717) is 11.3 Å². The Morgan fingerprint density at radius 2 is 1.96 bits per heavy atom. The predicted octanol–water partition coefficient (Wildman–Crippen LogP) is 2.33. The lowest BCUT2D eigenvalue weighted by molar-refractivity contribution is 0.101. The molecular formula is C18H15N5O3S. The fourth-order valence-corrected chi connectivity index (χ4v) is 3.59. The summed E-state index contributed by atoms with van der Waals surface area (Å²) in [4.78, 5) is 11.5. The average Bonchev–Trinajstić information content (AvgIpc) is 3.02. The first-order valence-corrected chi connectivity index (χ1v) is 9.28. The van der Waals surface area contributed by atoms with Gasteiger partial charge >= 0.3 is 0 Å². The summed E-state index contributed by atoms with van der Waals surface area (Å²) < 4.78 is 29.3. The Morgan fingerprint density at radius 3 is 2.63 bits per heavy atom. The van der Waals surface area contributed by atoms with Gasteiger partial charge < -0.3 is 5.73 Å². The van der Waals surface area contributed by atoms with Crippen molar-refractivity contribution in [3.05, 3.63) is 65.9 Å². The molecule has 27 heavy (non-hydrogen) atoms. The molecule has 9 heteroatoms. The SMILES string of the molecule is CC(=O)c1cccc(S(=O)(=O)Nc2ccccc2-n2ncc(C#N)c2N)c1. The monoisotopic (exact) mass is 381 g/mol. The number of rotatable bonds is 5. The second-order valence-corrected chi connectivity index (χ2v) is 7.36. The molecule has 0 aliphatic rings. The maximum absolute atomic E-state index is 12.8. The molecule has 1 aromatic heterocycles. The molecule has 0 saturated carbocycles. The van der Waals surface area contributed by atoms with Crippen molar-refractivity contribution in [2.45, 2.75) is 11.8 Å². The number of hydrogen-bond donors (Lipinski definition) is 2. The number of anilines is 2. The second-order valence-electron chi connectivity index (χ2n) is 5.67. The molecule has 0 saturated heterocycles. The van der Waals surface area contributed by atoms with Crippen LogP contribution in [0.5, 0.6) is 0 Å². The van der Waals surface area contributed by atoms with Gasteiger partial charge in [-0.2, -0.15) is 10.4 Å². The number of para-hydroxylation sites is 2. The number of sulfonamides is 1. The molecule has 136 valence electrons. The van der Waals surface area contributed by atoms with E-state index in [1.807, 2.05) is 6.07 Å². The first-order chi connectivity index (χ1) is 12.8. The van der Waals surface area contributed by atoms with E-state index in [9.17, 15) is 13.2 Å². The number of nitrogen functional groups attached to an aromatic ring is 1. The topological polar surface area (TPSA) is 131 Å². The second kappa shape index (κ2) is 6.93. The summed E-state index contributed by atoms with van der Waals surface area (Å²) in [5, 5.41) is 13.1. The van der Waals surface area contributed by atoms with Gasteiger partial charge in [0.05, 0.1) is 22.5 Å². The van der Waals surface area contributed by atoms with Crippen molar-refractivity contribution in [3.63, 3.8) is 0 Å². The summed E-state index contributed by atoms with van der Waals surface area (Å²) in [6.07, 6.45) is 1.30. The molecular weight excluding hydrogens is 366 g/mol. The van der Waals surface area contributed by atoms with E-state index >= 15 is 0 Å². The summed E-state index contributed by atoms with van der Waals surface area (Å²) in [6.45, 7) is 1.36. The van der Waals surface area contributed by atoms with Crippen LogP contribution in [-0.2, 0) is 10.0 Å². The van der Waals surface area contributed by atoms with Crippen molar-refractivity contribution in [1.29, 1.82) is 5.26 Å². The standard InChI is InChI=1S/C18H15N5O3S/c1-12(24)13-5-4-6-15(9-13)27(25,26)22-16-7-2-3-8-17(16)23-18(20)14(10-19)11-21-23/h2-9,11,22H,20H2,1H3. The smallest absolute Gasteiger partial charge is 0.261 e. The highest BCUT2D eigenvalue weighted by atomic mass is 32.2. The van der Waals surface area contributed by atoms with Crippen molar-refractivity contribution >= 4 is 27.3 Å². The van der Waals surface area contributed by atoms with E-state index < -0.39 is 10.0 Å². The Kier molecular flexibility index (Phi) is 4.66. The summed E-state index contributed by atoms with van der Waals surface area (Å²) in [5.74, 6) is -0.136. The molecule has 0 aliphatic heterocycles. The molecule has 0 atom stereocenters. The van der Waals surface area contributed by atoms with Crippen LogP contribution in [0.3, 0.4) is 0 Å². The predicted molar refractivity (Wildman–Crippen MR) is 99.9 cm³/mol. The highest BCUT2D eigenvalue weighted by Gasteiger charge is 2.19. The number of ketones is 1. The van der Waals surface area contributed by atoms with Crippen LogP contribution in [0.4, 0.5) is 11.5 Å². The third kappa shape index (κ3) is 3.51. The molecule has 3 aromatic rings. The molecule has 0 amide bonds. The van der Waals surface area contributed by atoms with Gasteiger partial charge in [-0.1, -0.05) is 24.3 Å². The average molecular weight is 381 g/mol. The number of nitriles is 1. The highest BCUT2D eigenvalue weighted by molar-refractivity contribution is 7.92. The molecule has 0 fully saturated rings. The van der Waals surface area contributed by atoms with E-state index in [1.165, 1.54) is 36.0 Å². The van der Waals surface area contributed by atoms with Crippen molar-refractivity contribution in [2.75, 3.05) is 10.5 Å². The summed E-state index contributed by atoms with van der Waals surface area (Å²) in [6, 6.07) is 14.2. The van der Waals surface area contributed by atoms with Crippen LogP contribution < -0.4 is 10.5 Å². The highest BCUT2D eigenvalue weighted by Crippen LogP contribution is 2.26. The van der Waals surface area contributed by atoms with E-state index in [-0.39, 0.29) is 27.7 Å². The van der Waals surface area contributed by atoms with Crippen molar-refractivity contribution in [2.24, 2.45) is 0 Å². The van der Waals surface area contributed by atoms with Gasteiger partial charge in [0.1, 0.15) is 17.5 Å². The largest absolute Gasteiger partial charge is 0.382 e. The van der Waals surface area contributed by atoms with E-state index in [2.05, 4.69) is 9.82 Å². The zero-order valence-electron chi connectivity index (χ0n) is 14.2. The third-order valence-electron chi connectivity index (χ3n) is 3.85. The normalized spacial score (nSPS) is 11.0. The fraction of sp³-hybridized carbons (Fsp3) is 0.0556. The Hall–Kier alpha value is -3.64. The number of hydrogen-bond acceptors (Lipinski definition) is 6. The van der Waals surface area contributed by atoms with E-state index in [1.54, 1.807) is 30.3 Å². The molecule has 0 radical (unpaired) electrons.